The molecule has 0 saturated carbocycles. The van der Waals surface area contributed by atoms with Gasteiger partial charge in [-0.3, -0.25) is 4.99 Å². The van der Waals surface area contributed by atoms with Gasteiger partial charge in [0.1, 0.15) is 0 Å². The van der Waals surface area contributed by atoms with Crippen molar-refractivity contribution in [3.05, 3.63) is 12.2 Å². The molecular formula is C10H22ClN3. The highest BCUT2D eigenvalue weighted by atomic mass is 35.5. The second kappa shape index (κ2) is 7.83. The van der Waals surface area contributed by atoms with Crippen molar-refractivity contribution in [1.29, 1.82) is 0 Å². The van der Waals surface area contributed by atoms with Gasteiger partial charge in [0.2, 0.25) is 0 Å². The smallest absolute Gasteiger partial charge is 0.0909 e. The van der Waals surface area contributed by atoms with Gasteiger partial charge in [-0.25, -0.2) is 0 Å². The van der Waals surface area contributed by atoms with Crippen molar-refractivity contribution in [1.82, 2.24) is 0 Å². The number of nitrogens with two attached hydrogens (primary N) is 2. The number of halogens is 1. The fourth-order valence-electron chi connectivity index (χ4n) is 0.844. The van der Waals surface area contributed by atoms with E-state index in [1.165, 1.54) is 0 Å². The molecule has 0 amide bonds. The van der Waals surface area contributed by atoms with Crippen LogP contribution in [0.4, 0.5) is 0 Å². The molecule has 0 atom stereocenters. The molecule has 0 aromatic heterocycles. The van der Waals surface area contributed by atoms with Gasteiger partial charge in [0.05, 0.1) is 12.4 Å². The topological polar surface area (TPSA) is 64.4 Å². The van der Waals surface area contributed by atoms with Crippen LogP contribution in [0.1, 0.15) is 33.6 Å². The third kappa shape index (κ3) is 14.0. The Morgan fingerprint density at radius 2 is 1.93 bits per heavy atom. The van der Waals surface area contributed by atoms with Gasteiger partial charge in [-0.05, 0) is 33.6 Å². The van der Waals surface area contributed by atoms with Crippen molar-refractivity contribution < 1.29 is 0 Å². The highest BCUT2D eigenvalue weighted by Crippen LogP contribution is 2.06. The van der Waals surface area contributed by atoms with Crippen LogP contribution in [0.5, 0.6) is 0 Å². The minimum absolute atomic E-state index is 0. The van der Waals surface area contributed by atoms with Gasteiger partial charge in [-0.2, -0.15) is 0 Å². The van der Waals surface area contributed by atoms with Crippen LogP contribution >= 0.6 is 12.4 Å². The summed E-state index contributed by atoms with van der Waals surface area (Å²) in [4.78, 5) is 4.03. The van der Waals surface area contributed by atoms with Gasteiger partial charge in [0, 0.05) is 5.54 Å². The minimum Gasteiger partial charge on any atom is -0.388 e. The summed E-state index contributed by atoms with van der Waals surface area (Å²) < 4.78 is 0. The summed E-state index contributed by atoms with van der Waals surface area (Å²) in [7, 11) is 0. The Morgan fingerprint density at radius 1 is 1.36 bits per heavy atom. The Bertz CT molecular complexity index is 188. The van der Waals surface area contributed by atoms with E-state index in [2.05, 4.69) is 11.1 Å². The number of nitrogens with zero attached hydrogens (tertiary/aromatic N) is 1. The lowest BCUT2D eigenvalue weighted by Crippen LogP contribution is -2.31. The molecule has 0 fully saturated rings. The van der Waals surface area contributed by atoms with Crippen LogP contribution in [0, 0.1) is 0 Å². The van der Waals surface area contributed by atoms with Gasteiger partial charge < -0.3 is 11.5 Å². The zero-order valence-electron chi connectivity index (χ0n) is 9.29. The van der Waals surface area contributed by atoms with Crippen LogP contribution in [0.15, 0.2) is 17.1 Å². The first kappa shape index (κ1) is 15.9. The lowest BCUT2D eigenvalue weighted by Gasteiger charge is -2.16. The molecule has 0 aliphatic rings. The maximum absolute atomic E-state index is 5.82. The van der Waals surface area contributed by atoms with Crippen LogP contribution in [-0.2, 0) is 0 Å². The van der Waals surface area contributed by atoms with Gasteiger partial charge >= 0.3 is 0 Å². The van der Waals surface area contributed by atoms with E-state index in [9.17, 15) is 0 Å². The molecule has 0 aliphatic heterocycles. The normalized spacial score (nSPS) is 13.0. The monoisotopic (exact) mass is 219 g/mol. The van der Waals surface area contributed by atoms with E-state index in [0.717, 1.165) is 12.8 Å². The highest BCUT2D eigenvalue weighted by Gasteiger charge is 2.07. The molecule has 0 aromatic rings. The van der Waals surface area contributed by atoms with Gasteiger partial charge in [0.25, 0.3) is 0 Å². The fourth-order valence-corrected chi connectivity index (χ4v) is 0.844. The zero-order chi connectivity index (χ0) is 10.3. The summed E-state index contributed by atoms with van der Waals surface area (Å²) in [5.74, 6) is 0.629. The lowest BCUT2D eigenvalue weighted by atomic mass is 10.0. The van der Waals surface area contributed by atoms with Crippen molar-refractivity contribution in [2.45, 2.75) is 39.2 Å². The summed E-state index contributed by atoms with van der Waals surface area (Å²) in [6.45, 7) is 6.52. The first-order chi connectivity index (χ1) is 5.92. The molecule has 14 heavy (non-hydrogen) atoms. The van der Waals surface area contributed by atoms with E-state index in [-0.39, 0.29) is 17.9 Å². The lowest BCUT2D eigenvalue weighted by molar-refractivity contribution is 0.481. The number of hydrogen-bond donors (Lipinski definition) is 2. The van der Waals surface area contributed by atoms with Crippen LogP contribution in [0.25, 0.3) is 0 Å². The number of aliphatic imine (C=N–C) groups is 1. The molecule has 0 bridgehead atoms. The molecule has 84 valence electrons. The first-order valence-corrected chi connectivity index (χ1v) is 4.62. The maximum Gasteiger partial charge on any atom is 0.0909 e. The summed E-state index contributed by atoms with van der Waals surface area (Å²) in [6.07, 6.45) is 6.11. The van der Waals surface area contributed by atoms with Crippen LogP contribution in [0.2, 0.25) is 0 Å². The zero-order valence-corrected chi connectivity index (χ0v) is 10.1. The fraction of sp³-hybridized carbons (Fsp3) is 0.700. The van der Waals surface area contributed by atoms with Crippen molar-refractivity contribution in [3.8, 4) is 0 Å². The number of rotatable bonds is 5. The third-order valence-corrected chi connectivity index (χ3v) is 1.57. The second-order valence-electron chi connectivity index (χ2n) is 3.98. The van der Waals surface area contributed by atoms with Crippen LogP contribution in [0.3, 0.4) is 0 Å². The summed E-state index contributed by atoms with van der Waals surface area (Å²) in [5, 5.41) is 0. The third-order valence-electron chi connectivity index (χ3n) is 1.57. The Labute approximate surface area is 93.1 Å². The van der Waals surface area contributed by atoms with Crippen LogP contribution < -0.4 is 11.5 Å². The summed E-state index contributed by atoms with van der Waals surface area (Å²) in [6, 6.07) is 0. The Hall–Kier alpha value is -0.540. The van der Waals surface area contributed by atoms with Gasteiger partial charge in [-0.15, -0.1) is 12.4 Å². The molecule has 4 heteroatoms. The maximum atomic E-state index is 5.82. The highest BCUT2D eigenvalue weighted by molar-refractivity contribution is 5.85. The summed E-state index contributed by atoms with van der Waals surface area (Å²) in [5.41, 5.74) is 11.1. The van der Waals surface area contributed by atoms with E-state index in [4.69, 9.17) is 11.5 Å². The van der Waals surface area contributed by atoms with Gasteiger partial charge in [0.15, 0.2) is 0 Å². The van der Waals surface area contributed by atoms with Crippen molar-refractivity contribution in [2.75, 3.05) is 6.54 Å². The molecule has 0 radical (unpaired) electrons. The molecule has 0 rings (SSSR count). The number of hydrogen-bond acceptors (Lipinski definition) is 2. The standard InChI is InChI=1S/C10H21N3.ClH/c1-9(11)13-8-6-4-5-7-10(2,3)12;/h4,6H,5,7-8,12H2,1-3H3,(H2,11,13);1H/b6-4-;. The molecule has 4 N–H and O–H groups in total. The largest absolute Gasteiger partial charge is 0.388 e. The van der Waals surface area contributed by atoms with Crippen LogP contribution in [-0.4, -0.2) is 17.9 Å². The average Bonchev–Trinajstić information content (AvgIpc) is 1.93. The van der Waals surface area contributed by atoms with E-state index in [0.29, 0.717) is 12.4 Å². The molecule has 3 nitrogen and oxygen atoms in total. The quantitative estimate of drug-likeness (QED) is 0.421. The molecule has 0 aromatic carbocycles. The number of allylic oxidation sites excluding steroid dienone is 1. The van der Waals surface area contributed by atoms with Crippen molar-refractivity contribution in [2.24, 2.45) is 16.5 Å². The average molecular weight is 220 g/mol. The molecule has 0 heterocycles. The summed E-state index contributed by atoms with van der Waals surface area (Å²) >= 11 is 0. The predicted molar refractivity (Wildman–Crippen MR) is 66.1 cm³/mol. The second-order valence-corrected chi connectivity index (χ2v) is 3.98. The first-order valence-electron chi connectivity index (χ1n) is 4.62. The predicted octanol–water partition coefficient (Wildman–Crippen LogP) is 1.86. The molecular weight excluding hydrogens is 198 g/mol. The Balaban J connectivity index is 0. The SMILES string of the molecule is CC(N)=NC/C=C\CCC(C)(C)N.Cl. The van der Waals surface area contributed by atoms with E-state index < -0.39 is 0 Å². The van der Waals surface area contributed by atoms with Crippen molar-refractivity contribution in [3.63, 3.8) is 0 Å². The van der Waals surface area contributed by atoms with E-state index >= 15 is 0 Å². The molecule has 0 saturated heterocycles. The van der Waals surface area contributed by atoms with Crippen molar-refractivity contribution >= 4 is 18.2 Å². The Morgan fingerprint density at radius 3 is 2.36 bits per heavy atom. The van der Waals surface area contributed by atoms with Gasteiger partial charge in [-0.1, -0.05) is 12.2 Å². The molecule has 0 spiro atoms. The Kier molecular flexibility index (Phi) is 8.89. The minimum atomic E-state index is -0.0720. The number of amidine groups is 1. The van der Waals surface area contributed by atoms with E-state index in [1.54, 1.807) is 6.92 Å². The van der Waals surface area contributed by atoms with E-state index in [1.807, 2.05) is 19.9 Å². The molecule has 0 unspecified atom stereocenters. The molecule has 0 aliphatic carbocycles.